The Bertz CT molecular complexity index is 794. The molecule has 0 aliphatic rings. The maximum Gasteiger partial charge on any atom is 0.246 e. The normalized spacial score (nSPS) is 12.9. The highest BCUT2D eigenvalue weighted by atomic mass is 32.2. The van der Waals surface area contributed by atoms with Gasteiger partial charge in [-0.3, -0.25) is 0 Å². The number of sulfonamides is 1. The molecular weight excluding hydrogens is 332 g/mol. The van der Waals surface area contributed by atoms with E-state index in [0.717, 1.165) is 5.56 Å². The van der Waals surface area contributed by atoms with Gasteiger partial charge in [0.15, 0.2) is 17.3 Å². The summed E-state index contributed by atoms with van der Waals surface area (Å²) in [6.45, 7) is 5.07. The molecule has 2 rings (SSSR count). The van der Waals surface area contributed by atoms with Gasteiger partial charge < -0.3 is 14.0 Å². The Labute approximate surface area is 142 Å². The maximum atomic E-state index is 12.7. The molecule has 132 valence electrons. The standard InChI is InChI=1S/C16H22N2O5S/c1-6-13(12-7-8-14(21-4)15(9-12)22-5)18-24(19,20)16-10(2)17-23-11(16)3/h7-9,13,18H,6H2,1-5H3/t13-/m1/s1. The van der Waals surface area contributed by atoms with Crippen LogP contribution in [0.4, 0.5) is 0 Å². The van der Waals surface area contributed by atoms with E-state index in [4.69, 9.17) is 14.0 Å². The fraction of sp³-hybridized carbons (Fsp3) is 0.438. The van der Waals surface area contributed by atoms with E-state index >= 15 is 0 Å². The average molecular weight is 354 g/mol. The quantitative estimate of drug-likeness (QED) is 0.822. The summed E-state index contributed by atoms with van der Waals surface area (Å²) in [5.74, 6) is 1.40. The zero-order valence-corrected chi connectivity index (χ0v) is 15.2. The Morgan fingerprint density at radius 1 is 1.21 bits per heavy atom. The lowest BCUT2D eigenvalue weighted by atomic mass is 10.1. The lowest BCUT2D eigenvalue weighted by Gasteiger charge is -2.19. The highest BCUT2D eigenvalue weighted by Crippen LogP contribution is 2.32. The smallest absolute Gasteiger partial charge is 0.246 e. The van der Waals surface area contributed by atoms with Gasteiger partial charge >= 0.3 is 0 Å². The minimum absolute atomic E-state index is 0.0847. The Hall–Kier alpha value is -2.06. The van der Waals surface area contributed by atoms with E-state index < -0.39 is 16.1 Å². The Kier molecular flexibility index (Phi) is 5.51. The van der Waals surface area contributed by atoms with Crippen LogP contribution in [-0.2, 0) is 10.0 Å². The summed E-state index contributed by atoms with van der Waals surface area (Å²) in [5, 5.41) is 3.71. The molecule has 0 fully saturated rings. The van der Waals surface area contributed by atoms with Crippen LogP contribution in [-0.4, -0.2) is 27.8 Å². The van der Waals surface area contributed by atoms with Crippen LogP contribution < -0.4 is 14.2 Å². The second-order valence-electron chi connectivity index (χ2n) is 5.35. The summed E-state index contributed by atoms with van der Waals surface area (Å²) in [6, 6.07) is 4.92. The van der Waals surface area contributed by atoms with Gasteiger partial charge in [-0.1, -0.05) is 18.1 Å². The van der Waals surface area contributed by atoms with E-state index in [2.05, 4.69) is 9.88 Å². The number of hydrogen-bond acceptors (Lipinski definition) is 6. The van der Waals surface area contributed by atoms with Gasteiger partial charge in [0, 0.05) is 6.04 Å². The van der Waals surface area contributed by atoms with Crippen LogP contribution in [0.2, 0.25) is 0 Å². The Morgan fingerprint density at radius 3 is 2.38 bits per heavy atom. The summed E-state index contributed by atoms with van der Waals surface area (Å²) >= 11 is 0. The molecule has 1 atom stereocenters. The van der Waals surface area contributed by atoms with Gasteiger partial charge in [-0.05, 0) is 38.0 Å². The number of benzene rings is 1. The van der Waals surface area contributed by atoms with Gasteiger partial charge in [0.05, 0.1) is 14.2 Å². The van der Waals surface area contributed by atoms with Crippen molar-refractivity contribution in [2.45, 2.75) is 38.1 Å². The maximum absolute atomic E-state index is 12.7. The van der Waals surface area contributed by atoms with E-state index in [9.17, 15) is 8.42 Å². The van der Waals surface area contributed by atoms with Crippen LogP contribution in [0.25, 0.3) is 0 Å². The molecule has 7 nitrogen and oxygen atoms in total. The first-order valence-electron chi connectivity index (χ1n) is 7.51. The van der Waals surface area contributed by atoms with E-state index in [1.54, 1.807) is 33.1 Å². The van der Waals surface area contributed by atoms with E-state index in [1.165, 1.54) is 7.11 Å². The third-order valence-corrected chi connectivity index (χ3v) is 5.47. The first-order chi connectivity index (χ1) is 11.3. The molecular formula is C16H22N2O5S. The molecule has 0 amide bonds. The first kappa shape index (κ1) is 18.3. The predicted molar refractivity (Wildman–Crippen MR) is 88.9 cm³/mol. The molecule has 24 heavy (non-hydrogen) atoms. The molecule has 0 aliphatic heterocycles. The molecule has 1 N–H and O–H groups in total. The second-order valence-corrected chi connectivity index (χ2v) is 7.00. The van der Waals surface area contributed by atoms with Crippen molar-refractivity contribution in [2.24, 2.45) is 0 Å². The van der Waals surface area contributed by atoms with Crippen molar-refractivity contribution in [3.05, 3.63) is 35.2 Å². The largest absolute Gasteiger partial charge is 0.493 e. The number of aryl methyl sites for hydroxylation is 2. The molecule has 0 radical (unpaired) electrons. The molecule has 0 saturated carbocycles. The van der Waals surface area contributed by atoms with Crippen molar-refractivity contribution in [1.29, 1.82) is 0 Å². The van der Waals surface area contributed by atoms with Crippen molar-refractivity contribution < 1.29 is 22.4 Å². The van der Waals surface area contributed by atoms with Crippen molar-refractivity contribution in [3.63, 3.8) is 0 Å². The van der Waals surface area contributed by atoms with Gasteiger partial charge in [0.25, 0.3) is 0 Å². The predicted octanol–water partition coefficient (Wildman–Crippen LogP) is 2.74. The minimum Gasteiger partial charge on any atom is -0.493 e. The van der Waals surface area contributed by atoms with Gasteiger partial charge in [-0.2, -0.15) is 0 Å². The number of nitrogens with one attached hydrogen (secondary N) is 1. The molecule has 0 bridgehead atoms. The van der Waals surface area contributed by atoms with Gasteiger partial charge in [-0.25, -0.2) is 13.1 Å². The number of nitrogens with zero attached hydrogens (tertiary/aromatic N) is 1. The fourth-order valence-electron chi connectivity index (χ4n) is 2.56. The zero-order chi connectivity index (χ0) is 17.9. The van der Waals surface area contributed by atoms with Crippen LogP contribution in [0.1, 0.15) is 36.4 Å². The number of ether oxygens (including phenoxy) is 2. The molecule has 0 unspecified atom stereocenters. The molecule has 0 aliphatic carbocycles. The molecule has 1 aromatic carbocycles. The van der Waals surface area contributed by atoms with Crippen LogP contribution >= 0.6 is 0 Å². The van der Waals surface area contributed by atoms with Crippen molar-refractivity contribution in [1.82, 2.24) is 9.88 Å². The number of methoxy groups -OCH3 is 2. The lowest BCUT2D eigenvalue weighted by Crippen LogP contribution is -2.29. The van der Waals surface area contributed by atoms with E-state index in [1.807, 2.05) is 13.0 Å². The van der Waals surface area contributed by atoms with E-state index in [0.29, 0.717) is 23.6 Å². The van der Waals surface area contributed by atoms with Gasteiger partial charge in [0.1, 0.15) is 10.6 Å². The fourth-order valence-corrected chi connectivity index (χ4v) is 4.20. The summed E-state index contributed by atoms with van der Waals surface area (Å²) in [4.78, 5) is 0.0847. The van der Waals surface area contributed by atoms with E-state index in [-0.39, 0.29) is 10.7 Å². The van der Waals surface area contributed by atoms with Crippen molar-refractivity contribution in [2.75, 3.05) is 14.2 Å². The topological polar surface area (TPSA) is 90.7 Å². The number of aromatic nitrogens is 1. The van der Waals surface area contributed by atoms with Crippen LogP contribution in [0.15, 0.2) is 27.6 Å². The van der Waals surface area contributed by atoms with Crippen molar-refractivity contribution >= 4 is 10.0 Å². The monoisotopic (exact) mass is 354 g/mol. The highest BCUT2D eigenvalue weighted by molar-refractivity contribution is 7.89. The number of hydrogen-bond donors (Lipinski definition) is 1. The lowest BCUT2D eigenvalue weighted by molar-refractivity contribution is 0.354. The Morgan fingerprint density at radius 2 is 1.88 bits per heavy atom. The average Bonchev–Trinajstić information content (AvgIpc) is 2.91. The molecule has 1 heterocycles. The Balaban J connectivity index is 2.36. The number of rotatable bonds is 7. The molecule has 0 saturated heterocycles. The SMILES string of the molecule is CC[C@@H](NS(=O)(=O)c1c(C)noc1C)c1ccc(OC)c(OC)c1. The summed E-state index contributed by atoms with van der Waals surface area (Å²) in [5.41, 5.74) is 1.12. The molecule has 2 aromatic rings. The van der Waals surface area contributed by atoms with Crippen LogP contribution in [0.5, 0.6) is 11.5 Å². The van der Waals surface area contributed by atoms with Gasteiger partial charge in [-0.15, -0.1) is 0 Å². The summed E-state index contributed by atoms with van der Waals surface area (Å²) in [6.07, 6.45) is 0.568. The molecule has 1 aromatic heterocycles. The van der Waals surface area contributed by atoms with Gasteiger partial charge in [0.2, 0.25) is 10.0 Å². The zero-order valence-electron chi connectivity index (χ0n) is 14.4. The third-order valence-electron chi connectivity index (χ3n) is 3.75. The second kappa shape index (κ2) is 7.23. The minimum atomic E-state index is -3.75. The molecule has 0 spiro atoms. The first-order valence-corrected chi connectivity index (χ1v) is 8.99. The van der Waals surface area contributed by atoms with Crippen LogP contribution in [0, 0.1) is 13.8 Å². The van der Waals surface area contributed by atoms with Crippen molar-refractivity contribution in [3.8, 4) is 11.5 Å². The van der Waals surface area contributed by atoms with Crippen LogP contribution in [0.3, 0.4) is 0 Å². The summed E-state index contributed by atoms with van der Waals surface area (Å²) in [7, 11) is -0.662. The summed E-state index contributed by atoms with van der Waals surface area (Å²) < 4.78 is 43.5. The third kappa shape index (κ3) is 3.54. The highest BCUT2D eigenvalue weighted by Gasteiger charge is 2.27. The molecule has 8 heteroatoms.